The van der Waals surface area contributed by atoms with Crippen LogP contribution in [-0.2, 0) is 19.1 Å². The van der Waals surface area contributed by atoms with Crippen LogP contribution in [0, 0.1) is 11.8 Å². The van der Waals surface area contributed by atoms with E-state index >= 15 is 0 Å². The summed E-state index contributed by atoms with van der Waals surface area (Å²) in [6.45, 7) is 3.81. The van der Waals surface area contributed by atoms with Crippen molar-refractivity contribution >= 4 is 35.3 Å². The van der Waals surface area contributed by atoms with Crippen LogP contribution in [0.15, 0.2) is 12.1 Å². The largest absolute Gasteiger partial charge is 0.467 e. The molecule has 3 amide bonds. The minimum absolute atomic E-state index is 0.129. The first-order valence-electron chi connectivity index (χ1n) is 10.4. The zero-order chi connectivity index (χ0) is 22.8. The van der Waals surface area contributed by atoms with E-state index in [2.05, 4.69) is 20.9 Å². The minimum atomic E-state index is -0.985. The minimum Gasteiger partial charge on any atom is -0.467 e. The van der Waals surface area contributed by atoms with Crippen molar-refractivity contribution in [2.75, 3.05) is 7.11 Å². The first-order valence-corrected chi connectivity index (χ1v) is 10.8. The van der Waals surface area contributed by atoms with Gasteiger partial charge in [0.25, 0.3) is 5.91 Å². The van der Waals surface area contributed by atoms with Gasteiger partial charge in [0, 0.05) is 11.5 Å². The van der Waals surface area contributed by atoms with Crippen molar-refractivity contribution in [3.8, 4) is 0 Å². The summed E-state index contributed by atoms with van der Waals surface area (Å²) in [5.41, 5.74) is -0.125. The Labute approximate surface area is 186 Å². The van der Waals surface area contributed by atoms with Crippen LogP contribution in [0.25, 0.3) is 0 Å². The number of carbonyl (C=O) groups excluding carboxylic acids is 4. The van der Waals surface area contributed by atoms with Crippen LogP contribution in [-0.4, -0.2) is 53.4 Å². The highest BCUT2D eigenvalue weighted by Gasteiger charge is 2.41. The summed E-state index contributed by atoms with van der Waals surface area (Å²) < 4.78 is 4.84. The lowest BCUT2D eigenvalue weighted by molar-refractivity contribution is -0.146. The summed E-state index contributed by atoms with van der Waals surface area (Å²) in [6, 6.07) is 1.28. The number of amides is 3. The number of ether oxygens (including phenoxy) is 1. The van der Waals surface area contributed by atoms with Crippen molar-refractivity contribution in [2.24, 2.45) is 11.8 Å². The predicted octanol–water partition coefficient (Wildman–Crippen LogP) is 1.53. The second kappa shape index (κ2) is 9.30. The molecular formula is C21H29ClN4O5. The molecule has 1 aromatic heterocycles. The smallest absolute Gasteiger partial charge is 0.328 e. The Balaban J connectivity index is 1.68. The van der Waals surface area contributed by atoms with Gasteiger partial charge in [0.05, 0.1) is 7.11 Å². The Hall–Kier alpha value is -2.55. The molecule has 31 heavy (non-hydrogen) atoms. The maximum atomic E-state index is 13.0. The summed E-state index contributed by atoms with van der Waals surface area (Å²) >= 11 is 5.83. The van der Waals surface area contributed by atoms with Crippen LogP contribution in [0.1, 0.15) is 56.4 Å². The van der Waals surface area contributed by atoms with Crippen molar-refractivity contribution in [1.29, 1.82) is 0 Å². The third-order valence-corrected chi connectivity index (χ3v) is 5.91. The lowest BCUT2D eigenvalue weighted by Crippen LogP contribution is -2.52. The van der Waals surface area contributed by atoms with Crippen molar-refractivity contribution in [3.63, 3.8) is 0 Å². The van der Waals surface area contributed by atoms with E-state index in [1.165, 1.54) is 13.2 Å². The van der Waals surface area contributed by atoms with Gasteiger partial charge in [0.2, 0.25) is 11.8 Å². The Morgan fingerprint density at radius 1 is 1.19 bits per heavy atom. The molecule has 10 heteroatoms. The summed E-state index contributed by atoms with van der Waals surface area (Å²) in [5, 5.41) is 8.62. The van der Waals surface area contributed by atoms with Gasteiger partial charge >= 0.3 is 5.97 Å². The summed E-state index contributed by atoms with van der Waals surface area (Å²) in [6.07, 6.45) is 3.13. The highest BCUT2D eigenvalue weighted by molar-refractivity contribution is 6.29. The SMILES string of the molecule is COC(=O)C(C[C@@H]1CC(C)(C)NC1=O)NC(=O)C(CC1CC1)NC(=O)c1ccc(Cl)[nH]1. The number of esters is 1. The van der Waals surface area contributed by atoms with Crippen LogP contribution < -0.4 is 16.0 Å². The molecule has 1 saturated carbocycles. The van der Waals surface area contributed by atoms with Gasteiger partial charge in [-0.1, -0.05) is 24.4 Å². The number of methoxy groups -OCH3 is 1. The van der Waals surface area contributed by atoms with Crippen molar-refractivity contribution < 1.29 is 23.9 Å². The highest BCUT2D eigenvalue weighted by Crippen LogP contribution is 2.34. The van der Waals surface area contributed by atoms with Gasteiger partial charge in [-0.2, -0.15) is 0 Å². The van der Waals surface area contributed by atoms with Crippen molar-refractivity contribution in [1.82, 2.24) is 20.9 Å². The quantitative estimate of drug-likeness (QED) is 0.422. The standard InChI is InChI=1S/C21H29ClN4O5/c1-21(2)10-12(17(27)26-21)9-15(20(30)31-3)25-19(29)14(8-11-4-5-11)24-18(28)13-6-7-16(22)23-13/h6-7,11-12,14-15,23H,4-5,8-10H2,1-3H3,(H,24,28)(H,25,29)(H,26,27)/t12-,14?,15?/m1/s1. The first-order chi connectivity index (χ1) is 14.6. The topological polar surface area (TPSA) is 129 Å². The maximum Gasteiger partial charge on any atom is 0.328 e. The number of carbonyl (C=O) groups is 4. The molecule has 4 N–H and O–H groups in total. The molecule has 170 valence electrons. The molecule has 2 fully saturated rings. The number of halogens is 1. The Morgan fingerprint density at radius 2 is 1.90 bits per heavy atom. The highest BCUT2D eigenvalue weighted by atomic mass is 35.5. The molecule has 3 rings (SSSR count). The molecule has 1 saturated heterocycles. The number of hydrogen-bond acceptors (Lipinski definition) is 5. The Kier molecular flexibility index (Phi) is 6.93. The Morgan fingerprint density at radius 3 is 2.42 bits per heavy atom. The van der Waals surface area contributed by atoms with E-state index in [9.17, 15) is 19.2 Å². The summed E-state index contributed by atoms with van der Waals surface area (Å²) in [4.78, 5) is 52.9. The second-order valence-electron chi connectivity index (χ2n) is 9.02. The lowest BCUT2D eigenvalue weighted by atomic mass is 9.91. The van der Waals surface area contributed by atoms with Crippen LogP contribution in [0.2, 0.25) is 5.15 Å². The maximum absolute atomic E-state index is 13.0. The fourth-order valence-corrected chi connectivity index (χ4v) is 4.12. The fourth-order valence-electron chi connectivity index (χ4n) is 3.95. The molecule has 1 aromatic rings. The molecule has 0 radical (unpaired) electrons. The molecule has 0 bridgehead atoms. The predicted molar refractivity (Wildman–Crippen MR) is 113 cm³/mol. The average Bonchev–Trinajstić information content (AvgIpc) is 3.34. The average molecular weight is 453 g/mol. The lowest BCUT2D eigenvalue weighted by Gasteiger charge is -2.23. The number of aromatic amines is 1. The van der Waals surface area contributed by atoms with Gasteiger partial charge in [-0.05, 0) is 51.2 Å². The molecular weight excluding hydrogens is 424 g/mol. The van der Waals surface area contributed by atoms with E-state index in [0.29, 0.717) is 23.9 Å². The molecule has 2 aliphatic rings. The van der Waals surface area contributed by atoms with E-state index in [4.69, 9.17) is 16.3 Å². The van der Waals surface area contributed by atoms with Gasteiger partial charge < -0.3 is 25.7 Å². The number of nitrogens with one attached hydrogen (secondary N) is 4. The molecule has 0 spiro atoms. The molecule has 2 heterocycles. The van der Waals surface area contributed by atoms with Gasteiger partial charge in [-0.3, -0.25) is 14.4 Å². The molecule has 0 aromatic carbocycles. The molecule has 2 unspecified atom stereocenters. The zero-order valence-electron chi connectivity index (χ0n) is 17.9. The normalized spacial score (nSPS) is 21.7. The fraction of sp³-hybridized carbons (Fsp3) is 0.619. The summed E-state index contributed by atoms with van der Waals surface area (Å²) in [7, 11) is 1.23. The zero-order valence-corrected chi connectivity index (χ0v) is 18.7. The number of H-pyrrole nitrogens is 1. The van der Waals surface area contributed by atoms with Crippen molar-refractivity contribution in [2.45, 2.75) is 63.6 Å². The van der Waals surface area contributed by atoms with Crippen LogP contribution in [0.5, 0.6) is 0 Å². The molecule has 1 aliphatic carbocycles. The van der Waals surface area contributed by atoms with Crippen molar-refractivity contribution in [3.05, 3.63) is 23.0 Å². The van der Waals surface area contributed by atoms with Crippen LogP contribution in [0.3, 0.4) is 0 Å². The molecule has 3 atom stereocenters. The van der Waals surface area contributed by atoms with E-state index in [1.807, 2.05) is 13.8 Å². The first kappa shape index (κ1) is 23.1. The second-order valence-corrected chi connectivity index (χ2v) is 9.43. The van der Waals surface area contributed by atoms with Gasteiger partial charge in [-0.25, -0.2) is 4.79 Å². The third-order valence-electron chi connectivity index (χ3n) is 5.69. The molecule has 9 nitrogen and oxygen atoms in total. The van der Waals surface area contributed by atoms with E-state index in [-0.39, 0.29) is 23.6 Å². The van der Waals surface area contributed by atoms with E-state index in [1.54, 1.807) is 6.07 Å². The van der Waals surface area contributed by atoms with Gasteiger partial charge in [-0.15, -0.1) is 0 Å². The van der Waals surface area contributed by atoms with Gasteiger partial charge in [0.15, 0.2) is 0 Å². The number of hydrogen-bond donors (Lipinski definition) is 4. The number of aromatic nitrogens is 1. The van der Waals surface area contributed by atoms with E-state index < -0.39 is 35.8 Å². The van der Waals surface area contributed by atoms with Gasteiger partial charge in [0.1, 0.15) is 22.9 Å². The van der Waals surface area contributed by atoms with E-state index in [0.717, 1.165) is 12.8 Å². The summed E-state index contributed by atoms with van der Waals surface area (Å²) in [5.74, 6) is -1.79. The van der Waals surface area contributed by atoms with Crippen LogP contribution >= 0.6 is 11.6 Å². The Bertz CT molecular complexity index is 864. The number of rotatable bonds is 9. The van der Waals surface area contributed by atoms with Crippen LogP contribution in [0.4, 0.5) is 0 Å². The third kappa shape index (κ3) is 6.22. The monoisotopic (exact) mass is 452 g/mol. The molecule has 1 aliphatic heterocycles.